The number of nitrogens with one attached hydrogen (secondary N) is 1. The Balaban J connectivity index is 2.34. The molecule has 0 aliphatic carbocycles. The normalized spacial score (nSPS) is 21.3. The molecule has 1 saturated heterocycles. The van der Waals surface area contributed by atoms with E-state index >= 15 is 0 Å². The number of nitrogens with zero attached hydrogens (tertiary/aromatic N) is 1. The summed E-state index contributed by atoms with van der Waals surface area (Å²) in [5.41, 5.74) is 8.12. The minimum atomic E-state index is -2.92. The molecule has 1 aromatic rings. The minimum Gasteiger partial charge on any atom is -0.384 e. The molecule has 1 heterocycles. The van der Waals surface area contributed by atoms with Gasteiger partial charge in [-0.05, 0) is 25.5 Å². The summed E-state index contributed by atoms with van der Waals surface area (Å²) in [5.74, 6) is 0.421. The zero-order chi connectivity index (χ0) is 14.2. The van der Waals surface area contributed by atoms with Crippen LogP contribution in [0.4, 0.5) is 5.69 Å². The van der Waals surface area contributed by atoms with E-state index in [-0.39, 0.29) is 23.4 Å². The second kappa shape index (κ2) is 4.85. The Morgan fingerprint density at radius 1 is 1.47 bits per heavy atom. The lowest BCUT2D eigenvalue weighted by molar-refractivity contribution is 0.601. The molecule has 6 heteroatoms. The van der Waals surface area contributed by atoms with Crippen molar-refractivity contribution in [3.8, 4) is 0 Å². The first-order valence-corrected chi connectivity index (χ1v) is 8.00. The quantitative estimate of drug-likeness (QED) is 0.636. The van der Waals surface area contributed by atoms with Crippen molar-refractivity contribution in [1.29, 1.82) is 5.41 Å². The minimum absolute atomic E-state index is 0.00593. The average Bonchev–Trinajstić information content (AvgIpc) is 2.68. The molecule has 0 aromatic heterocycles. The van der Waals surface area contributed by atoms with Crippen LogP contribution in [0.25, 0.3) is 0 Å². The van der Waals surface area contributed by atoms with Crippen LogP contribution in [-0.2, 0) is 9.84 Å². The molecule has 0 radical (unpaired) electrons. The van der Waals surface area contributed by atoms with Crippen LogP contribution in [0.2, 0.25) is 0 Å². The number of anilines is 1. The highest BCUT2D eigenvalue weighted by Gasteiger charge is 2.31. The zero-order valence-corrected chi connectivity index (χ0v) is 12.0. The van der Waals surface area contributed by atoms with Gasteiger partial charge in [-0.15, -0.1) is 0 Å². The molecule has 1 unspecified atom stereocenters. The molecule has 0 spiro atoms. The van der Waals surface area contributed by atoms with Gasteiger partial charge >= 0.3 is 0 Å². The summed E-state index contributed by atoms with van der Waals surface area (Å²) in [7, 11) is -1.05. The molecule has 5 nitrogen and oxygen atoms in total. The highest BCUT2D eigenvalue weighted by atomic mass is 32.2. The van der Waals surface area contributed by atoms with E-state index in [0.29, 0.717) is 12.0 Å². The lowest BCUT2D eigenvalue weighted by Crippen LogP contribution is -2.34. The predicted molar refractivity (Wildman–Crippen MR) is 77.7 cm³/mol. The predicted octanol–water partition coefficient (Wildman–Crippen LogP) is 0.902. The number of hydrogen-bond acceptors (Lipinski definition) is 4. The molecule has 1 aromatic carbocycles. The van der Waals surface area contributed by atoms with E-state index in [2.05, 4.69) is 0 Å². The summed E-state index contributed by atoms with van der Waals surface area (Å²) in [6, 6.07) is 5.67. The highest BCUT2D eigenvalue weighted by molar-refractivity contribution is 7.91. The van der Waals surface area contributed by atoms with E-state index in [1.165, 1.54) is 0 Å². The van der Waals surface area contributed by atoms with Crippen molar-refractivity contribution in [1.82, 2.24) is 0 Å². The molecule has 2 rings (SSSR count). The molecular weight excluding hydrogens is 262 g/mol. The monoisotopic (exact) mass is 281 g/mol. The van der Waals surface area contributed by atoms with Crippen LogP contribution in [0.5, 0.6) is 0 Å². The SMILES string of the molecule is Cc1ccc(N(C)C2CCS(=O)(=O)C2)c(C(=N)N)c1. The molecule has 19 heavy (non-hydrogen) atoms. The van der Waals surface area contributed by atoms with Crippen molar-refractivity contribution >= 4 is 21.4 Å². The van der Waals surface area contributed by atoms with Gasteiger partial charge in [-0.1, -0.05) is 11.6 Å². The van der Waals surface area contributed by atoms with Crippen LogP contribution in [0.1, 0.15) is 17.5 Å². The van der Waals surface area contributed by atoms with Gasteiger partial charge in [0.25, 0.3) is 0 Å². The number of aryl methyl sites for hydroxylation is 1. The van der Waals surface area contributed by atoms with Crippen LogP contribution in [0.3, 0.4) is 0 Å². The zero-order valence-electron chi connectivity index (χ0n) is 11.2. The van der Waals surface area contributed by atoms with Crippen LogP contribution in [0, 0.1) is 12.3 Å². The lowest BCUT2D eigenvalue weighted by Gasteiger charge is -2.27. The van der Waals surface area contributed by atoms with Crippen molar-refractivity contribution in [2.75, 3.05) is 23.5 Å². The summed E-state index contributed by atoms with van der Waals surface area (Å²) < 4.78 is 23.1. The van der Waals surface area contributed by atoms with Crippen LogP contribution in [-0.4, -0.2) is 38.8 Å². The number of hydrogen-bond donors (Lipinski definition) is 2. The number of rotatable bonds is 3. The van der Waals surface area contributed by atoms with Gasteiger partial charge in [-0.3, -0.25) is 5.41 Å². The van der Waals surface area contributed by atoms with Gasteiger partial charge in [0.2, 0.25) is 0 Å². The van der Waals surface area contributed by atoms with Crippen molar-refractivity contribution in [3.63, 3.8) is 0 Å². The molecule has 1 aliphatic rings. The van der Waals surface area contributed by atoms with Crippen LogP contribution in [0.15, 0.2) is 18.2 Å². The van der Waals surface area contributed by atoms with Crippen LogP contribution < -0.4 is 10.6 Å². The Morgan fingerprint density at radius 2 is 2.16 bits per heavy atom. The van der Waals surface area contributed by atoms with E-state index in [0.717, 1.165) is 11.3 Å². The maximum atomic E-state index is 11.6. The molecule has 0 bridgehead atoms. The van der Waals surface area contributed by atoms with Gasteiger partial charge in [0.15, 0.2) is 9.84 Å². The third kappa shape index (κ3) is 2.89. The van der Waals surface area contributed by atoms with Crippen molar-refractivity contribution in [2.45, 2.75) is 19.4 Å². The van der Waals surface area contributed by atoms with E-state index in [1.54, 1.807) is 0 Å². The molecule has 3 N–H and O–H groups in total. The van der Waals surface area contributed by atoms with E-state index in [9.17, 15) is 8.42 Å². The third-order valence-electron chi connectivity index (χ3n) is 3.58. The first-order chi connectivity index (χ1) is 8.80. The third-order valence-corrected chi connectivity index (χ3v) is 5.33. The summed E-state index contributed by atoms with van der Waals surface area (Å²) in [6.45, 7) is 1.94. The standard InChI is InChI=1S/C13H19N3O2S/c1-9-3-4-12(11(7-9)13(14)15)16(2)10-5-6-19(17,18)8-10/h3-4,7,10H,5-6,8H2,1-2H3,(H3,14,15). The maximum absolute atomic E-state index is 11.6. The Kier molecular flexibility index (Phi) is 3.54. The highest BCUT2D eigenvalue weighted by Crippen LogP contribution is 2.26. The summed E-state index contributed by atoms with van der Waals surface area (Å²) in [6.07, 6.45) is 0.629. The number of nitrogen functional groups attached to an aromatic ring is 1. The Labute approximate surface area is 113 Å². The molecule has 0 saturated carbocycles. The Morgan fingerprint density at radius 3 is 2.68 bits per heavy atom. The first kappa shape index (κ1) is 13.9. The van der Waals surface area contributed by atoms with Gasteiger partial charge in [0.05, 0.1) is 11.5 Å². The van der Waals surface area contributed by atoms with Crippen LogP contribution >= 0.6 is 0 Å². The molecule has 1 aliphatic heterocycles. The number of nitrogens with two attached hydrogens (primary N) is 1. The van der Waals surface area contributed by atoms with E-state index in [1.807, 2.05) is 37.1 Å². The number of sulfone groups is 1. The molecule has 104 valence electrons. The largest absolute Gasteiger partial charge is 0.384 e. The van der Waals surface area contributed by atoms with E-state index < -0.39 is 9.84 Å². The van der Waals surface area contributed by atoms with Gasteiger partial charge in [-0.2, -0.15) is 0 Å². The van der Waals surface area contributed by atoms with Crippen molar-refractivity contribution in [2.24, 2.45) is 5.73 Å². The molecule has 0 amide bonds. The number of benzene rings is 1. The van der Waals surface area contributed by atoms with Gasteiger partial charge < -0.3 is 10.6 Å². The Hall–Kier alpha value is -1.56. The molecular formula is C13H19N3O2S. The lowest BCUT2D eigenvalue weighted by atomic mass is 10.1. The van der Waals surface area contributed by atoms with Crippen molar-refractivity contribution in [3.05, 3.63) is 29.3 Å². The summed E-state index contributed by atoms with van der Waals surface area (Å²) in [5, 5.41) is 7.65. The summed E-state index contributed by atoms with van der Waals surface area (Å²) >= 11 is 0. The topological polar surface area (TPSA) is 87.2 Å². The van der Waals surface area contributed by atoms with Gasteiger partial charge in [0.1, 0.15) is 5.84 Å². The van der Waals surface area contributed by atoms with Gasteiger partial charge in [0, 0.05) is 24.3 Å². The maximum Gasteiger partial charge on any atom is 0.152 e. The fourth-order valence-electron chi connectivity index (χ4n) is 2.45. The second-order valence-corrected chi connectivity index (χ2v) is 7.33. The fourth-order valence-corrected chi connectivity index (χ4v) is 4.23. The molecule has 1 atom stereocenters. The fraction of sp³-hybridized carbons (Fsp3) is 0.462. The number of amidine groups is 1. The average molecular weight is 281 g/mol. The first-order valence-electron chi connectivity index (χ1n) is 6.18. The second-order valence-electron chi connectivity index (χ2n) is 5.10. The Bertz CT molecular complexity index is 610. The van der Waals surface area contributed by atoms with E-state index in [4.69, 9.17) is 11.1 Å². The van der Waals surface area contributed by atoms with Crippen molar-refractivity contribution < 1.29 is 8.42 Å². The molecule has 1 fully saturated rings. The summed E-state index contributed by atoms with van der Waals surface area (Å²) in [4.78, 5) is 1.93. The van der Waals surface area contributed by atoms with Gasteiger partial charge in [-0.25, -0.2) is 8.42 Å². The smallest absolute Gasteiger partial charge is 0.152 e.